The first-order valence-electron chi connectivity index (χ1n) is 12.3. The van der Waals surface area contributed by atoms with Crippen LogP contribution in [0, 0.1) is 0 Å². The molecule has 0 saturated carbocycles. The highest BCUT2D eigenvalue weighted by atomic mass is 16.7. The van der Waals surface area contributed by atoms with E-state index in [1.165, 1.54) is 37.3 Å². The first-order chi connectivity index (χ1) is 19.0. The van der Waals surface area contributed by atoms with Crippen molar-refractivity contribution in [2.45, 2.75) is 62.2 Å². The molecule has 2 aliphatic heterocycles. The number of hydrogen-bond donors (Lipinski definition) is 8. The van der Waals surface area contributed by atoms with Crippen molar-refractivity contribution in [1.29, 1.82) is 0 Å². The molecule has 2 fully saturated rings. The smallest absolute Gasteiger partial charge is 0.239 e. The van der Waals surface area contributed by atoms with E-state index in [-0.39, 0.29) is 33.8 Å². The second-order valence-corrected chi connectivity index (χ2v) is 9.62. The van der Waals surface area contributed by atoms with Gasteiger partial charge in [0.25, 0.3) is 0 Å². The van der Waals surface area contributed by atoms with Gasteiger partial charge >= 0.3 is 0 Å². The number of aliphatic hydroxyl groups is 6. The van der Waals surface area contributed by atoms with E-state index in [9.17, 15) is 45.6 Å². The van der Waals surface area contributed by atoms with Gasteiger partial charge in [-0.25, -0.2) is 0 Å². The Bertz CT molecular complexity index is 1420. The van der Waals surface area contributed by atoms with Crippen LogP contribution >= 0.6 is 0 Å². The number of rotatable bonds is 5. The lowest BCUT2D eigenvalue weighted by Crippen LogP contribution is -2.58. The fourth-order valence-electron chi connectivity index (χ4n) is 4.48. The van der Waals surface area contributed by atoms with Gasteiger partial charge in [-0.05, 0) is 31.2 Å². The average Bonchev–Trinajstić information content (AvgIpc) is 2.92. The zero-order chi connectivity index (χ0) is 28.9. The normalized spacial score (nSPS) is 32.6. The van der Waals surface area contributed by atoms with Crippen molar-refractivity contribution in [2.24, 2.45) is 0 Å². The monoisotopic (exact) mass is 564 g/mol. The number of fused-ring (bicyclic) bond motifs is 1. The number of benzene rings is 2. The van der Waals surface area contributed by atoms with Crippen molar-refractivity contribution < 1.29 is 64.2 Å². The van der Waals surface area contributed by atoms with E-state index in [2.05, 4.69) is 0 Å². The highest BCUT2D eigenvalue weighted by Gasteiger charge is 2.43. The molecular weight excluding hydrogens is 536 g/mol. The van der Waals surface area contributed by atoms with Gasteiger partial charge in [0.15, 0.2) is 5.76 Å². The van der Waals surface area contributed by atoms with Crippen molar-refractivity contribution in [3.05, 3.63) is 46.6 Å². The number of aliphatic hydroxyl groups excluding tert-OH is 6. The summed E-state index contributed by atoms with van der Waals surface area (Å²) in [5.41, 5.74) is -0.860. The van der Waals surface area contributed by atoms with Gasteiger partial charge in [0.1, 0.15) is 64.8 Å². The van der Waals surface area contributed by atoms with Gasteiger partial charge in [-0.1, -0.05) is 0 Å². The van der Waals surface area contributed by atoms with Crippen LogP contribution in [-0.2, 0) is 9.47 Å². The molecule has 14 heteroatoms. The molecule has 3 heterocycles. The van der Waals surface area contributed by atoms with Crippen LogP contribution in [0.25, 0.3) is 22.3 Å². The van der Waals surface area contributed by atoms with Crippen LogP contribution in [0.15, 0.2) is 45.6 Å². The third-order valence-electron chi connectivity index (χ3n) is 6.78. The lowest BCUT2D eigenvalue weighted by molar-refractivity contribution is -0.268. The Kier molecular flexibility index (Phi) is 7.60. The highest BCUT2D eigenvalue weighted by molar-refractivity contribution is 5.88. The van der Waals surface area contributed by atoms with Gasteiger partial charge in [0.05, 0.1) is 12.7 Å². The molecule has 8 N–H and O–H groups in total. The molecule has 2 aliphatic rings. The van der Waals surface area contributed by atoms with Crippen LogP contribution in [0.4, 0.5) is 0 Å². The van der Waals surface area contributed by atoms with Crippen molar-refractivity contribution in [3.63, 3.8) is 0 Å². The molecule has 2 aromatic carbocycles. The van der Waals surface area contributed by atoms with Crippen LogP contribution in [-0.4, -0.2) is 103 Å². The van der Waals surface area contributed by atoms with Crippen LogP contribution in [0.1, 0.15) is 6.92 Å². The van der Waals surface area contributed by atoms with Crippen molar-refractivity contribution >= 4 is 11.0 Å². The predicted octanol–water partition coefficient (Wildman–Crippen LogP) is -1.10. The van der Waals surface area contributed by atoms with Crippen molar-refractivity contribution in [2.75, 3.05) is 6.61 Å². The Morgan fingerprint density at radius 1 is 0.825 bits per heavy atom. The van der Waals surface area contributed by atoms with E-state index in [0.29, 0.717) is 0 Å². The summed E-state index contributed by atoms with van der Waals surface area (Å²) in [6.45, 7) is 1.06. The molecule has 0 unspecified atom stereocenters. The maximum absolute atomic E-state index is 13.6. The summed E-state index contributed by atoms with van der Waals surface area (Å²) in [7, 11) is 0. The fraction of sp³-hybridized carbons (Fsp3) is 0.423. The van der Waals surface area contributed by atoms with Crippen LogP contribution in [0.2, 0.25) is 0 Å². The van der Waals surface area contributed by atoms with Crippen LogP contribution in [0.3, 0.4) is 0 Å². The Hall–Kier alpha value is -3.47. The second kappa shape index (κ2) is 10.8. The molecule has 3 aromatic rings. The zero-order valence-corrected chi connectivity index (χ0v) is 20.9. The minimum absolute atomic E-state index is 0.0848. The number of phenolic OH excluding ortho intramolecular Hbond substituents is 2. The predicted molar refractivity (Wildman–Crippen MR) is 133 cm³/mol. The first-order valence-corrected chi connectivity index (χ1v) is 12.3. The zero-order valence-electron chi connectivity index (χ0n) is 20.9. The number of ether oxygens (including phenoxy) is 4. The molecular formula is C26H28O14. The Morgan fingerprint density at radius 2 is 1.50 bits per heavy atom. The average molecular weight is 564 g/mol. The summed E-state index contributed by atoms with van der Waals surface area (Å²) in [4.78, 5) is 13.6. The SMILES string of the molecule is C[C@@H]1O[C@@H](Oc2cc(O)c3c(=O)c(O[C@H]4OC[C@@H](O)[C@@H](O)[C@H]4O)c(-c4ccc(O)cc4)oc3c2)[C@@H](O)[C@@H](O)[C@H]1O. The van der Waals surface area contributed by atoms with E-state index >= 15 is 0 Å². The summed E-state index contributed by atoms with van der Waals surface area (Å²) < 4.78 is 27.9. The van der Waals surface area contributed by atoms with Gasteiger partial charge in [0, 0.05) is 17.7 Å². The van der Waals surface area contributed by atoms with Crippen molar-refractivity contribution in [3.8, 4) is 34.3 Å². The number of phenols is 2. The summed E-state index contributed by atoms with van der Waals surface area (Å²) >= 11 is 0. The molecule has 0 spiro atoms. The van der Waals surface area contributed by atoms with E-state index in [1.807, 2.05) is 0 Å². The van der Waals surface area contributed by atoms with E-state index in [4.69, 9.17) is 23.4 Å². The largest absolute Gasteiger partial charge is 0.508 e. The molecule has 0 aliphatic carbocycles. The summed E-state index contributed by atoms with van der Waals surface area (Å²) in [5.74, 6) is -1.54. The third kappa shape index (κ3) is 5.07. The Balaban J connectivity index is 1.58. The fourth-order valence-corrected chi connectivity index (χ4v) is 4.48. The molecule has 1 aromatic heterocycles. The number of hydrogen-bond acceptors (Lipinski definition) is 14. The lowest BCUT2D eigenvalue weighted by Gasteiger charge is -2.38. The summed E-state index contributed by atoms with van der Waals surface area (Å²) in [5, 5.41) is 80.5. The Labute approximate surface area is 225 Å². The molecule has 0 radical (unpaired) electrons. The first kappa shape index (κ1) is 28.1. The van der Waals surface area contributed by atoms with E-state index in [1.54, 1.807) is 0 Å². The molecule has 216 valence electrons. The highest BCUT2D eigenvalue weighted by Crippen LogP contribution is 2.38. The van der Waals surface area contributed by atoms with Gasteiger partial charge < -0.3 is 64.2 Å². The summed E-state index contributed by atoms with van der Waals surface area (Å²) in [6.07, 6.45) is -13.3. The molecule has 2 saturated heterocycles. The van der Waals surface area contributed by atoms with Gasteiger partial charge in [-0.2, -0.15) is 0 Å². The molecule has 0 bridgehead atoms. The molecule has 9 atom stereocenters. The Morgan fingerprint density at radius 3 is 2.20 bits per heavy atom. The van der Waals surface area contributed by atoms with E-state index < -0.39 is 78.8 Å². The second-order valence-electron chi connectivity index (χ2n) is 9.62. The standard InChI is InChI=1S/C26H28O14/c1-9-17(30)20(33)22(35)26(37-9)38-12-6-13(28)16-15(7-12)39-23(10-2-4-11(27)5-3-10)24(19(16)32)40-25-21(34)18(31)14(29)8-36-25/h2-7,9,14,17-18,20-22,25-31,33-35H,8H2,1H3/t9-,14+,17-,18+,20-,21+,22-,25+,26-/m0/s1. The molecule has 14 nitrogen and oxygen atoms in total. The van der Waals surface area contributed by atoms with Crippen LogP contribution < -0.4 is 14.9 Å². The van der Waals surface area contributed by atoms with Gasteiger partial charge in [-0.3, -0.25) is 4.79 Å². The third-order valence-corrected chi connectivity index (χ3v) is 6.78. The van der Waals surface area contributed by atoms with E-state index in [0.717, 1.165) is 6.07 Å². The topological polar surface area (TPSA) is 229 Å². The molecule has 5 rings (SSSR count). The minimum Gasteiger partial charge on any atom is -0.508 e. The van der Waals surface area contributed by atoms with Gasteiger partial charge in [0.2, 0.25) is 23.8 Å². The number of aromatic hydroxyl groups is 2. The lowest BCUT2D eigenvalue weighted by atomic mass is 10.00. The quantitative estimate of drug-likeness (QED) is 0.184. The van der Waals surface area contributed by atoms with Crippen molar-refractivity contribution in [1.82, 2.24) is 0 Å². The molecule has 0 amide bonds. The maximum Gasteiger partial charge on any atom is 0.239 e. The maximum atomic E-state index is 13.6. The molecule has 40 heavy (non-hydrogen) atoms. The van der Waals surface area contributed by atoms with Crippen LogP contribution in [0.5, 0.6) is 23.0 Å². The van der Waals surface area contributed by atoms with Gasteiger partial charge in [-0.15, -0.1) is 0 Å². The minimum atomic E-state index is -1.74. The summed E-state index contributed by atoms with van der Waals surface area (Å²) in [6, 6.07) is 7.69.